The third-order valence-corrected chi connectivity index (χ3v) is 6.81. The Morgan fingerprint density at radius 1 is 1.22 bits per heavy atom. The molecular weight excluding hydrogens is 354 g/mol. The van der Waals surface area contributed by atoms with Gasteiger partial charge in [-0.1, -0.05) is 42.5 Å². The van der Waals surface area contributed by atoms with Gasteiger partial charge in [-0.15, -0.1) is 0 Å². The molecule has 27 heavy (non-hydrogen) atoms. The monoisotopic (exact) mass is 383 g/mol. The molecule has 0 aliphatic carbocycles. The molecule has 0 bridgehead atoms. The normalized spacial score (nSPS) is 22.9. The van der Waals surface area contributed by atoms with Gasteiger partial charge in [-0.25, -0.2) is 0 Å². The van der Waals surface area contributed by atoms with Gasteiger partial charge < -0.3 is 15.0 Å². The number of hydrogen-bond donors (Lipinski definition) is 1. The van der Waals surface area contributed by atoms with Crippen LogP contribution in [0.15, 0.2) is 47.5 Å². The van der Waals surface area contributed by atoms with Crippen molar-refractivity contribution < 1.29 is 4.74 Å². The number of nitrogens with zero attached hydrogens (tertiary/aromatic N) is 2. The smallest absolute Gasteiger partial charge is 0.193 e. The van der Waals surface area contributed by atoms with Crippen molar-refractivity contribution in [1.82, 2.24) is 10.2 Å². The van der Waals surface area contributed by atoms with Crippen LogP contribution in [-0.4, -0.2) is 56.5 Å². The summed E-state index contributed by atoms with van der Waals surface area (Å²) in [5.74, 6) is 3.17. The van der Waals surface area contributed by atoms with Crippen molar-refractivity contribution in [3.63, 3.8) is 0 Å². The summed E-state index contributed by atoms with van der Waals surface area (Å²) in [6.45, 7) is 4.95. The number of guanidine groups is 1. The Labute approximate surface area is 166 Å². The van der Waals surface area contributed by atoms with E-state index in [4.69, 9.17) is 4.74 Å². The number of ether oxygens (including phenoxy) is 1. The van der Waals surface area contributed by atoms with Gasteiger partial charge >= 0.3 is 0 Å². The molecule has 2 aromatic carbocycles. The van der Waals surface area contributed by atoms with Crippen LogP contribution in [0.2, 0.25) is 0 Å². The van der Waals surface area contributed by atoms with E-state index in [0.29, 0.717) is 5.41 Å². The lowest BCUT2D eigenvalue weighted by molar-refractivity contribution is 0.156. The van der Waals surface area contributed by atoms with Gasteiger partial charge in [-0.05, 0) is 29.2 Å². The fourth-order valence-corrected chi connectivity index (χ4v) is 5.12. The van der Waals surface area contributed by atoms with Gasteiger partial charge in [0.1, 0.15) is 0 Å². The first kappa shape index (κ1) is 18.6. The molecule has 2 heterocycles. The Morgan fingerprint density at radius 2 is 2.11 bits per heavy atom. The Bertz CT molecular complexity index is 796. The largest absolute Gasteiger partial charge is 0.381 e. The molecule has 1 spiro atoms. The molecule has 2 fully saturated rings. The summed E-state index contributed by atoms with van der Waals surface area (Å²) in [4.78, 5) is 6.91. The van der Waals surface area contributed by atoms with Crippen LogP contribution in [0.1, 0.15) is 18.4 Å². The van der Waals surface area contributed by atoms with E-state index in [1.54, 1.807) is 0 Å². The zero-order valence-corrected chi connectivity index (χ0v) is 16.9. The van der Waals surface area contributed by atoms with Gasteiger partial charge in [0.05, 0.1) is 6.61 Å². The summed E-state index contributed by atoms with van der Waals surface area (Å²) >= 11 is 1.98. The summed E-state index contributed by atoms with van der Waals surface area (Å²) in [5.41, 5.74) is 1.80. The predicted molar refractivity (Wildman–Crippen MR) is 116 cm³/mol. The summed E-state index contributed by atoms with van der Waals surface area (Å²) < 4.78 is 5.64. The first-order valence-electron chi connectivity index (χ1n) is 9.87. The van der Waals surface area contributed by atoms with Gasteiger partial charge in [0.2, 0.25) is 0 Å². The van der Waals surface area contributed by atoms with E-state index in [2.05, 4.69) is 57.7 Å². The van der Waals surface area contributed by atoms with E-state index in [0.717, 1.165) is 50.3 Å². The Kier molecular flexibility index (Phi) is 5.89. The number of thioether (sulfide) groups is 1. The summed E-state index contributed by atoms with van der Waals surface area (Å²) in [7, 11) is 1.89. The summed E-state index contributed by atoms with van der Waals surface area (Å²) in [6.07, 6.45) is 2.42. The molecule has 5 heteroatoms. The minimum Gasteiger partial charge on any atom is -0.381 e. The van der Waals surface area contributed by atoms with Crippen LogP contribution in [0, 0.1) is 5.41 Å². The van der Waals surface area contributed by atoms with Crippen LogP contribution >= 0.6 is 11.8 Å². The van der Waals surface area contributed by atoms with Crippen LogP contribution in [0.5, 0.6) is 0 Å². The van der Waals surface area contributed by atoms with Crippen molar-refractivity contribution in [3.8, 4) is 0 Å². The Balaban J connectivity index is 1.23. The first-order valence-corrected chi connectivity index (χ1v) is 11.0. The molecule has 2 aliphatic rings. The van der Waals surface area contributed by atoms with Crippen LogP contribution in [-0.2, 0) is 10.5 Å². The maximum Gasteiger partial charge on any atom is 0.193 e. The molecule has 0 amide bonds. The van der Waals surface area contributed by atoms with Gasteiger partial charge in [0.25, 0.3) is 0 Å². The Morgan fingerprint density at radius 3 is 2.96 bits per heavy atom. The lowest BCUT2D eigenvalue weighted by Crippen LogP contribution is -2.42. The van der Waals surface area contributed by atoms with Crippen molar-refractivity contribution >= 4 is 28.5 Å². The average Bonchev–Trinajstić information content (AvgIpc) is 3.35. The second kappa shape index (κ2) is 8.53. The molecule has 2 aliphatic heterocycles. The highest BCUT2D eigenvalue weighted by Crippen LogP contribution is 2.38. The molecule has 0 saturated carbocycles. The molecule has 2 aromatic rings. The molecule has 144 valence electrons. The van der Waals surface area contributed by atoms with Crippen molar-refractivity contribution in [2.45, 2.75) is 18.6 Å². The standard InChI is InChI=1S/C22H29N3OS/c1-23-21(25-12-9-22(16-25)10-13-26-17-22)24-11-14-27-15-19-7-4-6-18-5-2-3-8-20(18)19/h2-8H,9-17H2,1H3,(H,23,24). The number of benzene rings is 2. The van der Waals surface area contributed by atoms with Crippen molar-refractivity contribution in [2.75, 3.05) is 45.6 Å². The lowest BCUT2D eigenvalue weighted by Gasteiger charge is -2.24. The molecule has 0 aromatic heterocycles. The van der Waals surface area contributed by atoms with E-state index in [-0.39, 0.29) is 0 Å². The number of aliphatic imine (C=N–C) groups is 1. The van der Waals surface area contributed by atoms with Gasteiger partial charge in [-0.2, -0.15) is 11.8 Å². The zero-order valence-electron chi connectivity index (χ0n) is 16.1. The molecule has 1 atom stereocenters. The maximum atomic E-state index is 5.64. The number of likely N-dealkylation sites (tertiary alicyclic amines) is 1. The second-order valence-electron chi connectivity index (χ2n) is 7.64. The zero-order chi connectivity index (χ0) is 18.5. The highest BCUT2D eigenvalue weighted by Gasteiger charge is 2.42. The minimum atomic E-state index is 0.376. The second-order valence-corrected chi connectivity index (χ2v) is 8.74. The highest BCUT2D eigenvalue weighted by atomic mass is 32.2. The van der Waals surface area contributed by atoms with E-state index >= 15 is 0 Å². The summed E-state index contributed by atoms with van der Waals surface area (Å²) in [5, 5.41) is 6.25. The molecular formula is C22H29N3OS. The molecule has 1 N–H and O–H groups in total. The van der Waals surface area contributed by atoms with Crippen LogP contribution in [0.3, 0.4) is 0 Å². The third kappa shape index (κ3) is 4.25. The maximum absolute atomic E-state index is 5.64. The number of hydrogen-bond acceptors (Lipinski definition) is 3. The average molecular weight is 384 g/mol. The van der Waals surface area contributed by atoms with Gasteiger partial charge in [0.15, 0.2) is 5.96 Å². The van der Waals surface area contributed by atoms with Crippen molar-refractivity contribution in [2.24, 2.45) is 10.4 Å². The third-order valence-electron chi connectivity index (χ3n) is 5.80. The first-order chi connectivity index (χ1) is 13.3. The molecule has 4 rings (SSSR count). The SMILES string of the molecule is CN=C(NCCSCc1cccc2ccccc12)N1CCC2(CCOC2)C1. The minimum absolute atomic E-state index is 0.376. The molecule has 2 saturated heterocycles. The Hall–Kier alpha value is -1.72. The quantitative estimate of drug-likeness (QED) is 0.485. The fourth-order valence-electron chi connectivity index (χ4n) is 4.26. The van der Waals surface area contributed by atoms with E-state index in [9.17, 15) is 0 Å². The van der Waals surface area contributed by atoms with Gasteiger partial charge in [0, 0.05) is 50.2 Å². The molecule has 1 unspecified atom stereocenters. The van der Waals surface area contributed by atoms with Gasteiger partial charge in [-0.3, -0.25) is 4.99 Å². The fraction of sp³-hybridized carbons (Fsp3) is 0.500. The van der Waals surface area contributed by atoms with E-state index in [1.807, 2.05) is 18.8 Å². The van der Waals surface area contributed by atoms with Crippen LogP contribution < -0.4 is 5.32 Å². The molecule has 0 radical (unpaired) electrons. The van der Waals surface area contributed by atoms with E-state index < -0.39 is 0 Å². The van der Waals surface area contributed by atoms with Crippen molar-refractivity contribution in [1.29, 1.82) is 0 Å². The number of fused-ring (bicyclic) bond motifs is 1. The summed E-state index contributed by atoms with van der Waals surface area (Å²) in [6, 6.07) is 15.2. The van der Waals surface area contributed by atoms with E-state index in [1.165, 1.54) is 29.2 Å². The topological polar surface area (TPSA) is 36.9 Å². The lowest BCUT2D eigenvalue weighted by atomic mass is 9.87. The van der Waals surface area contributed by atoms with Crippen molar-refractivity contribution in [3.05, 3.63) is 48.0 Å². The number of rotatable bonds is 5. The molecule has 4 nitrogen and oxygen atoms in total. The van der Waals surface area contributed by atoms with Crippen LogP contribution in [0.25, 0.3) is 10.8 Å². The number of nitrogens with one attached hydrogen (secondary N) is 1. The predicted octanol–water partition coefficient (Wildman–Crippen LogP) is 3.76. The highest BCUT2D eigenvalue weighted by molar-refractivity contribution is 7.98. The van der Waals surface area contributed by atoms with Crippen LogP contribution in [0.4, 0.5) is 0 Å².